The van der Waals surface area contributed by atoms with E-state index >= 15 is 0 Å². The maximum absolute atomic E-state index is 12.7. The van der Waals surface area contributed by atoms with E-state index in [0.717, 1.165) is 5.56 Å². The average molecular weight is 311 g/mol. The number of ether oxygens (including phenoxy) is 1. The summed E-state index contributed by atoms with van der Waals surface area (Å²) in [6, 6.07) is 6.62. The summed E-state index contributed by atoms with van der Waals surface area (Å²) in [6.07, 6.45) is 1.000. The van der Waals surface area contributed by atoms with Crippen LogP contribution in [0.4, 0.5) is 0 Å². The van der Waals surface area contributed by atoms with Gasteiger partial charge in [-0.25, -0.2) is 8.42 Å². The minimum Gasteiger partial charge on any atom is -0.469 e. The average Bonchev–Trinajstić information content (AvgIpc) is 2.46. The van der Waals surface area contributed by atoms with Crippen LogP contribution in [0.5, 0.6) is 0 Å². The maximum Gasteiger partial charge on any atom is 0.308 e. The smallest absolute Gasteiger partial charge is 0.308 e. The third kappa shape index (κ3) is 3.27. The Morgan fingerprint density at radius 3 is 2.43 bits per heavy atom. The topological polar surface area (TPSA) is 63.7 Å². The highest BCUT2D eigenvalue weighted by molar-refractivity contribution is 7.89. The number of methoxy groups -OCH3 is 1. The number of hydrogen-bond acceptors (Lipinski definition) is 4. The number of carbonyl (C=O) groups excluding carboxylic acids is 1. The number of rotatable bonds is 3. The molecule has 116 valence electrons. The Hall–Kier alpha value is -1.40. The van der Waals surface area contributed by atoms with Crippen molar-refractivity contribution < 1.29 is 17.9 Å². The molecule has 1 aliphatic heterocycles. The van der Waals surface area contributed by atoms with E-state index in [1.165, 1.54) is 11.4 Å². The normalized spacial score (nSPS) is 23.8. The van der Waals surface area contributed by atoms with E-state index in [4.69, 9.17) is 4.74 Å². The highest BCUT2D eigenvalue weighted by Gasteiger charge is 2.37. The number of sulfonamides is 1. The minimum atomic E-state index is -3.50. The second-order valence-corrected chi connectivity index (χ2v) is 7.41. The second-order valence-electron chi connectivity index (χ2n) is 5.52. The molecule has 21 heavy (non-hydrogen) atoms. The van der Waals surface area contributed by atoms with Crippen LogP contribution < -0.4 is 0 Å². The first-order chi connectivity index (χ1) is 9.86. The number of esters is 1. The van der Waals surface area contributed by atoms with Gasteiger partial charge in [-0.2, -0.15) is 4.31 Å². The van der Waals surface area contributed by atoms with Gasteiger partial charge in [0, 0.05) is 12.6 Å². The lowest BCUT2D eigenvalue weighted by Crippen LogP contribution is -2.46. The molecule has 0 spiro atoms. The van der Waals surface area contributed by atoms with Crippen molar-refractivity contribution >= 4 is 16.0 Å². The molecule has 6 heteroatoms. The van der Waals surface area contributed by atoms with Gasteiger partial charge in [0.1, 0.15) is 0 Å². The number of piperidine rings is 1. The molecule has 1 aromatic rings. The molecule has 0 amide bonds. The number of benzene rings is 1. The van der Waals surface area contributed by atoms with Crippen LogP contribution in [0.3, 0.4) is 0 Å². The summed E-state index contributed by atoms with van der Waals surface area (Å²) in [5.41, 5.74) is 1.02. The first-order valence-electron chi connectivity index (χ1n) is 7.02. The van der Waals surface area contributed by atoms with Gasteiger partial charge in [-0.05, 0) is 38.8 Å². The van der Waals surface area contributed by atoms with Gasteiger partial charge in [-0.15, -0.1) is 0 Å². The monoisotopic (exact) mass is 311 g/mol. The van der Waals surface area contributed by atoms with Crippen LogP contribution >= 0.6 is 0 Å². The zero-order valence-corrected chi connectivity index (χ0v) is 13.4. The van der Waals surface area contributed by atoms with E-state index in [2.05, 4.69) is 0 Å². The van der Waals surface area contributed by atoms with Gasteiger partial charge in [0.05, 0.1) is 17.9 Å². The van der Waals surface area contributed by atoms with E-state index < -0.39 is 10.0 Å². The predicted molar refractivity (Wildman–Crippen MR) is 79.3 cm³/mol. The van der Waals surface area contributed by atoms with Gasteiger partial charge >= 0.3 is 5.97 Å². The second kappa shape index (κ2) is 6.15. The highest BCUT2D eigenvalue weighted by atomic mass is 32.2. The van der Waals surface area contributed by atoms with Gasteiger partial charge in [0.15, 0.2) is 0 Å². The van der Waals surface area contributed by atoms with Crippen molar-refractivity contribution in [1.82, 2.24) is 4.31 Å². The van der Waals surface area contributed by atoms with E-state index in [1.807, 2.05) is 13.8 Å². The zero-order chi connectivity index (χ0) is 15.6. The molecule has 1 fully saturated rings. The molecule has 5 nitrogen and oxygen atoms in total. The summed E-state index contributed by atoms with van der Waals surface area (Å²) < 4.78 is 31.6. The van der Waals surface area contributed by atoms with E-state index in [9.17, 15) is 13.2 Å². The van der Waals surface area contributed by atoms with Gasteiger partial charge in [-0.3, -0.25) is 4.79 Å². The molecule has 1 aliphatic rings. The van der Waals surface area contributed by atoms with Crippen molar-refractivity contribution in [2.45, 2.75) is 37.6 Å². The molecule has 1 aromatic carbocycles. The third-order valence-corrected chi connectivity index (χ3v) is 6.01. The van der Waals surface area contributed by atoms with E-state index in [1.54, 1.807) is 24.3 Å². The van der Waals surface area contributed by atoms with Crippen molar-refractivity contribution in [3.63, 3.8) is 0 Å². The first kappa shape index (κ1) is 16.0. The van der Waals surface area contributed by atoms with E-state index in [-0.39, 0.29) is 17.9 Å². The Morgan fingerprint density at radius 1 is 1.29 bits per heavy atom. The van der Waals surface area contributed by atoms with Gasteiger partial charge in [0.2, 0.25) is 10.0 Å². The molecular formula is C15H21NO4S. The predicted octanol–water partition coefficient (Wildman–Crippen LogP) is 1.96. The number of aryl methyl sites for hydroxylation is 1. The summed E-state index contributed by atoms with van der Waals surface area (Å²) in [5.74, 6) is -0.469. The molecular weight excluding hydrogens is 290 g/mol. The Kier molecular flexibility index (Phi) is 4.68. The molecule has 0 N–H and O–H groups in total. The van der Waals surface area contributed by atoms with Crippen LogP contribution in [0.2, 0.25) is 0 Å². The van der Waals surface area contributed by atoms with Gasteiger partial charge in [0.25, 0.3) is 0 Å². The molecule has 0 aromatic heterocycles. The van der Waals surface area contributed by atoms with Gasteiger partial charge < -0.3 is 4.74 Å². The number of carbonyl (C=O) groups is 1. The summed E-state index contributed by atoms with van der Waals surface area (Å²) in [7, 11) is -2.14. The quantitative estimate of drug-likeness (QED) is 0.801. The SMILES string of the molecule is COC(=O)[C@H]1CCN(S(=O)(=O)c2ccc(C)cc2)[C@@H](C)C1. The maximum atomic E-state index is 12.7. The Balaban J connectivity index is 2.19. The number of nitrogens with zero attached hydrogens (tertiary/aromatic N) is 1. The molecule has 1 heterocycles. The Bertz CT molecular complexity index is 609. The summed E-state index contributed by atoms with van der Waals surface area (Å²) in [5, 5.41) is 0. The summed E-state index contributed by atoms with van der Waals surface area (Å²) in [4.78, 5) is 11.9. The minimum absolute atomic E-state index is 0.213. The molecule has 2 atom stereocenters. The Labute approximate surface area is 126 Å². The third-order valence-electron chi connectivity index (χ3n) is 3.98. The molecule has 0 bridgehead atoms. The highest BCUT2D eigenvalue weighted by Crippen LogP contribution is 2.29. The van der Waals surface area contributed by atoms with Crippen molar-refractivity contribution in [3.8, 4) is 0 Å². The molecule has 1 saturated heterocycles. The van der Waals surface area contributed by atoms with E-state index in [0.29, 0.717) is 24.3 Å². The van der Waals surface area contributed by atoms with Gasteiger partial charge in [-0.1, -0.05) is 17.7 Å². The summed E-state index contributed by atoms with van der Waals surface area (Å²) in [6.45, 7) is 4.10. The van der Waals surface area contributed by atoms with Crippen LogP contribution in [0, 0.1) is 12.8 Å². The van der Waals surface area contributed by atoms with Crippen LogP contribution in [-0.4, -0.2) is 38.4 Å². The number of hydrogen-bond donors (Lipinski definition) is 0. The van der Waals surface area contributed by atoms with Crippen molar-refractivity contribution in [2.75, 3.05) is 13.7 Å². The van der Waals surface area contributed by atoms with Crippen molar-refractivity contribution in [3.05, 3.63) is 29.8 Å². The standard InChI is InChI=1S/C15H21NO4S/c1-11-4-6-14(7-5-11)21(18,19)16-9-8-13(10-12(16)2)15(17)20-3/h4-7,12-13H,8-10H2,1-3H3/t12-,13-/m0/s1. The van der Waals surface area contributed by atoms with Crippen LogP contribution in [0.15, 0.2) is 29.2 Å². The zero-order valence-electron chi connectivity index (χ0n) is 12.6. The Morgan fingerprint density at radius 2 is 1.90 bits per heavy atom. The molecule has 0 saturated carbocycles. The molecule has 2 rings (SSSR count). The fourth-order valence-corrected chi connectivity index (χ4v) is 4.39. The lowest BCUT2D eigenvalue weighted by molar-refractivity contribution is -0.147. The van der Waals surface area contributed by atoms with Crippen LogP contribution in [0.25, 0.3) is 0 Å². The first-order valence-corrected chi connectivity index (χ1v) is 8.46. The van der Waals surface area contributed by atoms with Crippen LogP contribution in [-0.2, 0) is 19.6 Å². The summed E-state index contributed by atoms with van der Waals surface area (Å²) >= 11 is 0. The lowest BCUT2D eigenvalue weighted by atomic mass is 9.93. The fourth-order valence-electron chi connectivity index (χ4n) is 2.73. The molecule has 0 radical (unpaired) electrons. The molecule has 0 unspecified atom stereocenters. The van der Waals surface area contributed by atoms with Crippen molar-refractivity contribution in [1.29, 1.82) is 0 Å². The largest absolute Gasteiger partial charge is 0.469 e. The molecule has 0 aliphatic carbocycles. The lowest BCUT2D eigenvalue weighted by Gasteiger charge is -2.35. The fraction of sp³-hybridized carbons (Fsp3) is 0.533. The van der Waals surface area contributed by atoms with Crippen molar-refractivity contribution in [2.24, 2.45) is 5.92 Å². The van der Waals surface area contributed by atoms with Crippen LogP contribution in [0.1, 0.15) is 25.3 Å².